The van der Waals surface area contributed by atoms with Gasteiger partial charge in [0.1, 0.15) is 0 Å². The van der Waals surface area contributed by atoms with Crippen LogP contribution in [-0.2, 0) is 0 Å². The zero-order valence-corrected chi connectivity index (χ0v) is 8.52. The summed E-state index contributed by atoms with van der Waals surface area (Å²) in [5, 5.41) is 0. The highest BCUT2D eigenvalue weighted by Crippen LogP contribution is 2.33. The molecule has 14 heavy (non-hydrogen) atoms. The van der Waals surface area contributed by atoms with Gasteiger partial charge in [-0.1, -0.05) is 25.3 Å². The number of hydrogen-bond acceptors (Lipinski definition) is 0. The van der Waals surface area contributed by atoms with Crippen LogP contribution in [0, 0.1) is 11.8 Å². The maximum atomic E-state index is 12.2. The van der Waals surface area contributed by atoms with Gasteiger partial charge in [0.2, 0.25) is 0 Å². The number of hydrogen-bond donors (Lipinski definition) is 0. The van der Waals surface area contributed by atoms with E-state index in [1.54, 1.807) is 6.08 Å². The highest BCUT2D eigenvalue weighted by atomic mass is 19.3. The molecule has 1 aliphatic carbocycles. The molecule has 0 heterocycles. The number of rotatable bonds is 4. The molecule has 1 unspecified atom stereocenters. The topological polar surface area (TPSA) is 0 Å². The maximum Gasteiger partial charge on any atom is 0.266 e. The largest absolute Gasteiger partial charge is 0.266 e. The van der Waals surface area contributed by atoms with Crippen LogP contribution in [0.1, 0.15) is 38.5 Å². The van der Waals surface area contributed by atoms with Gasteiger partial charge in [-0.15, -0.1) is 6.58 Å². The summed E-state index contributed by atoms with van der Waals surface area (Å²) in [7, 11) is 0. The Morgan fingerprint density at radius 2 is 1.93 bits per heavy atom. The van der Waals surface area contributed by atoms with Gasteiger partial charge in [0.25, 0.3) is 6.08 Å². The fourth-order valence-electron chi connectivity index (χ4n) is 2.31. The third kappa shape index (κ3) is 3.60. The van der Waals surface area contributed by atoms with Crippen molar-refractivity contribution < 1.29 is 8.78 Å². The van der Waals surface area contributed by atoms with Gasteiger partial charge < -0.3 is 0 Å². The Kier molecular flexibility index (Phi) is 4.85. The van der Waals surface area contributed by atoms with E-state index < -0.39 is 6.08 Å². The van der Waals surface area contributed by atoms with Crippen LogP contribution in [-0.4, -0.2) is 0 Å². The van der Waals surface area contributed by atoms with E-state index in [1.165, 1.54) is 19.3 Å². The summed E-state index contributed by atoms with van der Waals surface area (Å²) in [6.07, 6.45) is 7.87. The van der Waals surface area contributed by atoms with E-state index in [4.69, 9.17) is 0 Å². The average molecular weight is 200 g/mol. The molecule has 0 spiro atoms. The summed E-state index contributed by atoms with van der Waals surface area (Å²) in [6.45, 7) is 3.63. The molecule has 0 saturated heterocycles. The van der Waals surface area contributed by atoms with E-state index in [0.29, 0.717) is 12.3 Å². The minimum atomic E-state index is -1.54. The van der Waals surface area contributed by atoms with Crippen molar-refractivity contribution in [3.8, 4) is 0 Å². The Morgan fingerprint density at radius 1 is 1.29 bits per heavy atom. The Bertz CT molecular complexity index is 198. The summed E-state index contributed by atoms with van der Waals surface area (Å²) in [5.41, 5.74) is 0. The molecule has 0 aliphatic heterocycles. The molecule has 1 rings (SSSR count). The predicted molar refractivity (Wildman–Crippen MR) is 55.2 cm³/mol. The highest BCUT2D eigenvalue weighted by molar-refractivity contribution is 4.95. The van der Waals surface area contributed by atoms with Crippen LogP contribution in [0.3, 0.4) is 0 Å². The van der Waals surface area contributed by atoms with Gasteiger partial charge in [-0.25, -0.2) is 0 Å². The second-order valence-electron chi connectivity index (χ2n) is 4.04. The van der Waals surface area contributed by atoms with Crippen molar-refractivity contribution >= 4 is 0 Å². The molecule has 1 atom stereocenters. The fourth-order valence-corrected chi connectivity index (χ4v) is 2.31. The minimum absolute atomic E-state index is 0.0119. The first kappa shape index (κ1) is 11.4. The summed E-state index contributed by atoms with van der Waals surface area (Å²) < 4.78 is 24.4. The Balaban J connectivity index is 2.55. The standard InChI is InChI=1S/C12H18F2/c1-2-6-11(9-12(13)14)10-7-4-3-5-8-10/h2,9-11H,1,3-8H2. The van der Waals surface area contributed by atoms with Crippen molar-refractivity contribution in [2.75, 3.05) is 0 Å². The van der Waals surface area contributed by atoms with Crippen LogP contribution in [0.25, 0.3) is 0 Å². The van der Waals surface area contributed by atoms with Gasteiger partial charge in [-0.2, -0.15) is 8.78 Å². The molecule has 0 bridgehead atoms. The van der Waals surface area contributed by atoms with Gasteiger partial charge in [0.15, 0.2) is 0 Å². The molecule has 80 valence electrons. The van der Waals surface area contributed by atoms with Crippen molar-refractivity contribution in [1.29, 1.82) is 0 Å². The van der Waals surface area contributed by atoms with Gasteiger partial charge in [0.05, 0.1) is 0 Å². The lowest BCUT2D eigenvalue weighted by Crippen LogP contribution is -2.15. The molecule has 1 aliphatic rings. The molecule has 0 aromatic carbocycles. The number of halogens is 2. The second-order valence-corrected chi connectivity index (χ2v) is 4.04. The summed E-state index contributed by atoms with van der Waals surface area (Å²) in [4.78, 5) is 0. The molecule has 0 aromatic heterocycles. The lowest BCUT2D eigenvalue weighted by molar-refractivity contribution is 0.278. The summed E-state index contributed by atoms with van der Waals surface area (Å²) in [6, 6.07) is 0. The average Bonchev–Trinajstić information content (AvgIpc) is 2.18. The molecule has 0 N–H and O–H groups in total. The lowest BCUT2D eigenvalue weighted by atomic mass is 9.78. The molecule has 0 amide bonds. The summed E-state index contributed by atoms with van der Waals surface area (Å²) >= 11 is 0. The van der Waals surface area contributed by atoms with E-state index in [0.717, 1.165) is 18.9 Å². The van der Waals surface area contributed by atoms with Gasteiger partial charge in [-0.05, 0) is 37.2 Å². The first-order valence-electron chi connectivity index (χ1n) is 5.37. The van der Waals surface area contributed by atoms with Crippen molar-refractivity contribution in [2.24, 2.45) is 11.8 Å². The molecular formula is C12H18F2. The van der Waals surface area contributed by atoms with Crippen molar-refractivity contribution in [1.82, 2.24) is 0 Å². The molecule has 0 nitrogen and oxygen atoms in total. The number of allylic oxidation sites excluding steroid dienone is 2. The first-order valence-corrected chi connectivity index (χ1v) is 5.37. The van der Waals surface area contributed by atoms with Crippen LogP contribution in [0.2, 0.25) is 0 Å². The monoisotopic (exact) mass is 200 g/mol. The molecule has 1 saturated carbocycles. The quantitative estimate of drug-likeness (QED) is 0.584. The molecule has 1 fully saturated rings. The molecule has 2 heteroatoms. The van der Waals surface area contributed by atoms with Gasteiger partial charge >= 0.3 is 0 Å². The SMILES string of the molecule is C=CCC(C=C(F)F)C1CCCCC1. The fraction of sp³-hybridized carbons (Fsp3) is 0.667. The lowest BCUT2D eigenvalue weighted by Gasteiger charge is -2.27. The minimum Gasteiger partial charge on any atom is -0.174 e. The smallest absolute Gasteiger partial charge is 0.174 e. The Labute approximate surface area is 84.7 Å². The third-order valence-corrected chi connectivity index (χ3v) is 3.03. The van der Waals surface area contributed by atoms with Gasteiger partial charge in [0, 0.05) is 0 Å². The maximum absolute atomic E-state index is 12.2. The molecule has 0 aromatic rings. The van der Waals surface area contributed by atoms with Crippen LogP contribution >= 0.6 is 0 Å². The van der Waals surface area contributed by atoms with Crippen LogP contribution in [0.5, 0.6) is 0 Å². The highest BCUT2D eigenvalue weighted by Gasteiger charge is 2.21. The summed E-state index contributed by atoms with van der Waals surface area (Å²) in [5.74, 6) is 0.459. The zero-order valence-electron chi connectivity index (χ0n) is 8.52. The Hall–Kier alpha value is -0.660. The van der Waals surface area contributed by atoms with Crippen LogP contribution in [0.15, 0.2) is 24.8 Å². The van der Waals surface area contributed by atoms with Crippen LogP contribution < -0.4 is 0 Å². The Morgan fingerprint density at radius 3 is 2.43 bits per heavy atom. The molecule has 0 radical (unpaired) electrons. The first-order chi connectivity index (χ1) is 6.74. The third-order valence-electron chi connectivity index (χ3n) is 3.03. The van der Waals surface area contributed by atoms with Crippen molar-refractivity contribution in [2.45, 2.75) is 38.5 Å². The van der Waals surface area contributed by atoms with E-state index in [-0.39, 0.29) is 5.92 Å². The second kappa shape index (κ2) is 5.94. The van der Waals surface area contributed by atoms with Gasteiger partial charge in [-0.3, -0.25) is 0 Å². The zero-order chi connectivity index (χ0) is 10.4. The van der Waals surface area contributed by atoms with Crippen LogP contribution in [0.4, 0.5) is 8.78 Å². The normalized spacial score (nSPS) is 20.1. The van der Waals surface area contributed by atoms with E-state index in [1.807, 2.05) is 0 Å². The van der Waals surface area contributed by atoms with Crippen molar-refractivity contribution in [3.05, 3.63) is 24.8 Å². The van der Waals surface area contributed by atoms with E-state index >= 15 is 0 Å². The molecular weight excluding hydrogens is 182 g/mol. The van der Waals surface area contributed by atoms with E-state index in [9.17, 15) is 8.78 Å². The van der Waals surface area contributed by atoms with Crippen molar-refractivity contribution in [3.63, 3.8) is 0 Å². The van der Waals surface area contributed by atoms with E-state index in [2.05, 4.69) is 6.58 Å². The predicted octanol–water partition coefficient (Wildman–Crippen LogP) is 4.54.